The number of allylic oxidation sites excluding steroid dienone is 2. The Hall–Kier alpha value is -1.69. The van der Waals surface area contributed by atoms with Gasteiger partial charge in [-0.1, -0.05) is 18.6 Å². The van der Waals surface area contributed by atoms with Crippen molar-refractivity contribution in [3.63, 3.8) is 0 Å². The topological polar surface area (TPSA) is 72.9 Å². The van der Waals surface area contributed by atoms with Crippen LogP contribution in [0.4, 0.5) is 0 Å². The van der Waals surface area contributed by atoms with Crippen molar-refractivity contribution in [2.24, 2.45) is 23.7 Å². The molecule has 24 heavy (non-hydrogen) atoms. The molecule has 130 valence electrons. The van der Waals surface area contributed by atoms with Crippen molar-refractivity contribution >= 4 is 17.8 Å². The van der Waals surface area contributed by atoms with E-state index in [9.17, 15) is 14.4 Å². The Labute approximate surface area is 141 Å². The molecular formula is C18H23NO5. The van der Waals surface area contributed by atoms with Gasteiger partial charge in [0.15, 0.2) is 0 Å². The molecule has 0 aromatic rings. The molecule has 4 aliphatic rings. The lowest BCUT2D eigenvalue weighted by atomic mass is 9.85. The zero-order valence-electron chi connectivity index (χ0n) is 13.8. The Bertz CT molecular complexity index is 570. The normalized spacial score (nSPS) is 40.3. The number of esters is 1. The van der Waals surface area contributed by atoms with Crippen LogP contribution in [0.5, 0.6) is 0 Å². The fourth-order valence-electron chi connectivity index (χ4n) is 4.92. The lowest BCUT2D eigenvalue weighted by Crippen LogP contribution is -2.41. The molecule has 0 spiro atoms. The highest BCUT2D eigenvalue weighted by molar-refractivity contribution is 6.08. The number of hydrogen-bond donors (Lipinski definition) is 0. The first kappa shape index (κ1) is 15.8. The first-order chi connectivity index (χ1) is 11.6. The zero-order valence-corrected chi connectivity index (χ0v) is 13.8. The van der Waals surface area contributed by atoms with Gasteiger partial charge in [-0.15, -0.1) is 0 Å². The van der Waals surface area contributed by atoms with E-state index in [1.807, 2.05) is 12.2 Å². The van der Waals surface area contributed by atoms with Crippen LogP contribution in [0.3, 0.4) is 0 Å². The number of carbonyl (C=O) groups is 3. The van der Waals surface area contributed by atoms with E-state index in [0.717, 1.165) is 37.0 Å². The maximum Gasteiger partial charge on any atom is 0.326 e. The molecule has 0 unspecified atom stereocenters. The molecule has 3 aliphatic carbocycles. The van der Waals surface area contributed by atoms with Crippen LogP contribution < -0.4 is 0 Å². The number of fused-ring (bicyclic) bond motifs is 5. The monoisotopic (exact) mass is 333 g/mol. The van der Waals surface area contributed by atoms with Crippen LogP contribution in [-0.2, 0) is 23.9 Å². The van der Waals surface area contributed by atoms with Crippen LogP contribution in [0.2, 0.25) is 0 Å². The Morgan fingerprint density at radius 3 is 2.25 bits per heavy atom. The van der Waals surface area contributed by atoms with Crippen molar-refractivity contribution in [1.82, 2.24) is 4.90 Å². The number of hydrogen-bond acceptors (Lipinski definition) is 5. The Balaban J connectivity index is 1.40. The quantitative estimate of drug-likeness (QED) is 0.440. The summed E-state index contributed by atoms with van der Waals surface area (Å²) in [4.78, 5) is 38.5. The van der Waals surface area contributed by atoms with Gasteiger partial charge in [0.1, 0.15) is 12.6 Å². The van der Waals surface area contributed by atoms with Crippen molar-refractivity contribution in [2.45, 2.75) is 44.3 Å². The number of nitrogens with zero attached hydrogens (tertiary/aromatic N) is 1. The molecule has 2 amide bonds. The zero-order chi connectivity index (χ0) is 16.8. The number of ether oxygens (including phenoxy) is 2. The third-order valence-corrected chi connectivity index (χ3v) is 6.08. The second-order valence-electron chi connectivity index (χ2n) is 7.35. The molecule has 2 saturated carbocycles. The van der Waals surface area contributed by atoms with E-state index in [-0.39, 0.29) is 54.2 Å². The number of likely N-dealkylation sites (tertiary alicyclic amines) is 1. The van der Waals surface area contributed by atoms with E-state index in [1.54, 1.807) is 7.11 Å². The summed E-state index contributed by atoms with van der Waals surface area (Å²) in [5.74, 6) is -1.12. The summed E-state index contributed by atoms with van der Waals surface area (Å²) >= 11 is 0. The van der Waals surface area contributed by atoms with Gasteiger partial charge in [0.25, 0.3) is 0 Å². The van der Waals surface area contributed by atoms with E-state index in [1.165, 1.54) is 0 Å². The van der Waals surface area contributed by atoms with Crippen molar-refractivity contribution in [3.8, 4) is 0 Å². The Kier molecular flexibility index (Phi) is 3.95. The van der Waals surface area contributed by atoms with Crippen molar-refractivity contribution < 1.29 is 23.9 Å². The van der Waals surface area contributed by atoms with Gasteiger partial charge in [-0.2, -0.15) is 0 Å². The molecule has 0 N–H and O–H groups in total. The molecule has 6 atom stereocenters. The fourth-order valence-corrected chi connectivity index (χ4v) is 4.92. The minimum atomic E-state index is -0.508. The van der Waals surface area contributed by atoms with Gasteiger partial charge < -0.3 is 9.47 Å². The van der Waals surface area contributed by atoms with E-state index in [2.05, 4.69) is 0 Å². The molecule has 6 nitrogen and oxygen atoms in total. The maximum absolute atomic E-state index is 12.6. The van der Waals surface area contributed by atoms with E-state index in [4.69, 9.17) is 9.47 Å². The van der Waals surface area contributed by atoms with Crippen molar-refractivity contribution in [2.75, 3.05) is 13.7 Å². The summed E-state index contributed by atoms with van der Waals surface area (Å²) in [6.45, 7) is -0.267. The number of rotatable bonds is 4. The molecule has 6 heteroatoms. The summed E-state index contributed by atoms with van der Waals surface area (Å²) in [7, 11) is 1.62. The molecule has 1 saturated heterocycles. The molecule has 3 fully saturated rings. The van der Waals surface area contributed by atoms with Crippen LogP contribution in [0.25, 0.3) is 0 Å². The summed E-state index contributed by atoms with van der Waals surface area (Å²) in [5.41, 5.74) is 0. The lowest BCUT2D eigenvalue weighted by molar-refractivity contribution is -0.164. The summed E-state index contributed by atoms with van der Waals surface area (Å²) in [6.07, 6.45) is 8.32. The van der Waals surface area contributed by atoms with E-state index >= 15 is 0 Å². The smallest absolute Gasteiger partial charge is 0.326 e. The second kappa shape index (κ2) is 5.99. The number of imide groups is 1. The number of amides is 2. The van der Waals surface area contributed by atoms with Gasteiger partial charge in [0.05, 0.1) is 17.9 Å². The first-order valence-corrected chi connectivity index (χ1v) is 8.86. The van der Waals surface area contributed by atoms with E-state index < -0.39 is 5.97 Å². The molecule has 1 aliphatic heterocycles. The molecule has 1 heterocycles. The van der Waals surface area contributed by atoms with Crippen LogP contribution in [-0.4, -0.2) is 48.5 Å². The Morgan fingerprint density at radius 1 is 1.08 bits per heavy atom. The minimum absolute atomic E-state index is 0.0906. The average molecular weight is 333 g/mol. The maximum atomic E-state index is 12.6. The minimum Gasteiger partial charge on any atom is -0.458 e. The summed E-state index contributed by atoms with van der Waals surface area (Å²) in [6, 6.07) is 0. The van der Waals surface area contributed by atoms with Crippen molar-refractivity contribution in [3.05, 3.63) is 12.2 Å². The third-order valence-electron chi connectivity index (χ3n) is 6.08. The van der Waals surface area contributed by atoms with Crippen LogP contribution in [0.1, 0.15) is 32.1 Å². The Morgan fingerprint density at radius 2 is 1.67 bits per heavy atom. The highest BCUT2D eigenvalue weighted by atomic mass is 16.6. The predicted octanol–water partition coefficient (Wildman–Crippen LogP) is 1.29. The highest BCUT2D eigenvalue weighted by Crippen LogP contribution is 2.52. The molecule has 0 radical (unpaired) electrons. The first-order valence-electron chi connectivity index (χ1n) is 8.86. The van der Waals surface area contributed by atoms with Crippen LogP contribution in [0.15, 0.2) is 12.2 Å². The van der Waals surface area contributed by atoms with Crippen LogP contribution >= 0.6 is 0 Å². The number of methoxy groups -OCH3 is 1. The predicted molar refractivity (Wildman–Crippen MR) is 83.6 cm³/mol. The standard InChI is InChI=1S/C18H23NO5/c1-23-12-4-2-3-5-13(12)24-14(20)9-19-17(21)15-10-6-7-11(8-10)16(15)18(19)22/h6-7,10-13,15-16H,2-5,8-9H2,1H3/t10-,11-,12+,13-,15-,16+/m0/s1. The average Bonchev–Trinajstić information content (AvgIpc) is 3.25. The molecule has 0 aromatic heterocycles. The SMILES string of the molecule is CO[C@@H]1CCCC[C@@H]1OC(=O)CN1C(=O)[C@@H]2[C@H](C1=O)[C@H]1C=C[C@H]2C1. The van der Waals surface area contributed by atoms with Crippen LogP contribution in [0, 0.1) is 23.7 Å². The van der Waals surface area contributed by atoms with Gasteiger partial charge in [-0.3, -0.25) is 19.3 Å². The molecule has 0 aromatic carbocycles. The molecule has 4 rings (SSSR count). The fraction of sp³-hybridized carbons (Fsp3) is 0.722. The third kappa shape index (κ3) is 2.39. The van der Waals surface area contributed by atoms with Gasteiger partial charge in [0, 0.05) is 7.11 Å². The molecule has 2 bridgehead atoms. The van der Waals surface area contributed by atoms with E-state index in [0.29, 0.717) is 0 Å². The number of carbonyl (C=O) groups excluding carboxylic acids is 3. The highest BCUT2D eigenvalue weighted by Gasteiger charge is 2.59. The summed E-state index contributed by atoms with van der Waals surface area (Å²) < 4.78 is 10.9. The lowest BCUT2D eigenvalue weighted by Gasteiger charge is -2.30. The van der Waals surface area contributed by atoms with Crippen molar-refractivity contribution in [1.29, 1.82) is 0 Å². The second-order valence-corrected chi connectivity index (χ2v) is 7.35. The molecular weight excluding hydrogens is 310 g/mol. The largest absolute Gasteiger partial charge is 0.458 e. The summed E-state index contributed by atoms with van der Waals surface area (Å²) in [5, 5.41) is 0. The van der Waals surface area contributed by atoms with Gasteiger partial charge >= 0.3 is 5.97 Å². The van der Waals surface area contributed by atoms with Gasteiger partial charge in [0.2, 0.25) is 11.8 Å². The van der Waals surface area contributed by atoms with Gasteiger partial charge in [-0.25, -0.2) is 0 Å². The van der Waals surface area contributed by atoms with Gasteiger partial charge in [-0.05, 0) is 37.5 Å².